The molecule has 0 aromatic carbocycles. The van der Waals surface area contributed by atoms with Gasteiger partial charge in [-0.3, -0.25) is 4.21 Å². The summed E-state index contributed by atoms with van der Waals surface area (Å²) in [7, 11) is 0. The van der Waals surface area contributed by atoms with E-state index in [1.807, 2.05) is 6.92 Å². The van der Waals surface area contributed by atoms with Gasteiger partial charge in [0.2, 0.25) is 0 Å². The quantitative estimate of drug-likeness (QED) is 0.295. The van der Waals surface area contributed by atoms with Crippen LogP contribution in [0.1, 0.15) is 6.92 Å². The van der Waals surface area contributed by atoms with E-state index in [-0.39, 0.29) is 0 Å². The molecule has 0 aromatic rings. The summed E-state index contributed by atoms with van der Waals surface area (Å²) in [6.07, 6.45) is 0. The topological polar surface area (TPSA) is 64.2 Å². The van der Waals surface area contributed by atoms with Gasteiger partial charge in [0.15, 0.2) is 0 Å². The first-order valence-electron chi connectivity index (χ1n) is 2.31. The van der Waals surface area contributed by atoms with Gasteiger partial charge in [-0.05, 0) is 6.54 Å². The first kappa shape index (κ1) is 8.03. The molecule has 0 saturated heterocycles. The summed E-state index contributed by atoms with van der Waals surface area (Å²) in [6, 6.07) is 0. The number of hydrogen-bond acceptors (Lipinski definition) is 3. The van der Waals surface area contributed by atoms with Gasteiger partial charge < -0.3 is 9.87 Å². The van der Waals surface area contributed by atoms with E-state index in [1.165, 1.54) is 0 Å². The van der Waals surface area contributed by atoms with E-state index in [2.05, 4.69) is 10.0 Å². The summed E-state index contributed by atoms with van der Waals surface area (Å²) < 4.78 is 21.6. The van der Waals surface area contributed by atoms with Crippen LogP contribution >= 0.6 is 0 Å². The molecule has 0 aliphatic carbocycles. The fraction of sp³-hybridized carbons (Fsp3) is 1.00. The molecule has 5 heteroatoms. The van der Waals surface area contributed by atoms with Crippen LogP contribution in [0.2, 0.25) is 0 Å². The molecule has 0 spiro atoms. The lowest BCUT2D eigenvalue weighted by atomic mass is 10.8. The smallest absolute Gasteiger partial charge is 0.0564 e. The Balaban J connectivity index is 2.82. The highest BCUT2D eigenvalue weighted by Gasteiger charge is 1.77. The molecule has 0 heterocycles. The lowest BCUT2D eigenvalue weighted by Gasteiger charge is -2.05. The van der Waals surface area contributed by atoms with Crippen molar-refractivity contribution in [1.29, 1.82) is 0 Å². The molecule has 0 radical (unpaired) electrons. The minimum Gasteiger partial charge on any atom is -0.760 e. The van der Waals surface area contributed by atoms with Gasteiger partial charge in [-0.1, -0.05) is 6.92 Å². The predicted molar refractivity (Wildman–Crippen MR) is 30.6 cm³/mol. The van der Waals surface area contributed by atoms with Gasteiger partial charge in [-0.15, -0.1) is 0 Å². The fourth-order valence-electron chi connectivity index (χ4n) is 0.235. The van der Waals surface area contributed by atoms with E-state index in [0.717, 1.165) is 6.54 Å². The van der Waals surface area contributed by atoms with Gasteiger partial charge in [-0.2, -0.15) is 0 Å². The second-order valence-corrected chi connectivity index (χ2v) is 1.92. The number of nitrogens with one attached hydrogen (secondary N) is 2. The Kier molecular flexibility index (Phi) is 5.19. The second kappa shape index (κ2) is 5.17. The summed E-state index contributed by atoms with van der Waals surface area (Å²) in [5.74, 6) is 0. The summed E-state index contributed by atoms with van der Waals surface area (Å²) in [5, 5.41) is 2.78. The standard InChI is InChI=1S/C3H10N2O2S/c1-2-4-3-5-8(6)7/h4-5H,2-3H2,1H3,(H,6,7)/p-1. The maximum absolute atomic E-state index is 9.72. The fourth-order valence-corrected chi connectivity index (χ4v) is 0.455. The van der Waals surface area contributed by atoms with Gasteiger partial charge in [0.1, 0.15) is 0 Å². The predicted octanol–water partition coefficient (Wildman–Crippen LogP) is -1.06. The Morgan fingerprint density at radius 2 is 2.38 bits per heavy atom. The number of hydrogen-bond donors (Lipinski definition) is 2. The van der Waals surface area contributed by atoms with Gasteiger partial charge in [0, 0.05) is 11.3 Å². The third-order valence-electron chi connectivity index (χ3n) is 0.565. The monoisotopic (exact) mass is 137 g/mol. The zero-order valence-electron chi connectivity index (χ0n) is 4.64. The highest BCUT2D eigenvalue weighted by atomic mass is 32.2. The largest absolute Gasteiger partial charge is 0.760 e. The molecule has 2 N–H and O–H groups in total. The highest BCUT2D eigenvalue weighted by molar-refractivity contribution is 7.77. The Hall–Kier alpha value is 0.0300. The molecule has 4 nitrogen and oxygen atoms in total. The van der Waals surface area contributed by atoms with Crippen LogP contribution in [-0.4, -0.2) is 22.0 Å². The van der Waals surface area contributed by atoms with Crippen molar-refractivity contribution in [1.82, 2.24) is 10.0 Å². The van der Waals surface area contributed by atoms with E-state index in [4.69, 9.17) is 0 Å². The van der Waals surface area contributed by atoms with Gasteiger partial charge in [0.25, 0.3) is 0 Å². The lowest BCUT2D eigenvalue weighted by Crippen LogP contribution is -2.29. The van der Waals surface area contributed by atoms with Gasteiger partial charge in [0.05, 0.1) is 6.67 Å². The first-order valence-corrected chi connectivity index (χ1v) is 3.38. The molecular weight excluding hydrogens is 128 g/mol. The molecule has 0 rings (SSSR count). The van der Waals surface area contributed by atoms with Crippen molar-refractivity contribution in [2.45, 2.75) is 6.92 Å². The second-order valence-electron chi connectivity index (χ2n) is 1.16. The van der Waals surface area contributed by atoms with Crippen molar-refractivity contribution in [2.75, 3.05) is 13.2 Å². The Morgan fingerprint density at radius 1 is 1.75 bits per heavy atom. The Bertz CT molecular complexity index is 77.7. The van der Waals surface area contributed by atoms with Gasteiger partial charge >= 0.3 is 0 Å². The average Bonchev–Trinajstić information content (AvgIpc) is 1.66. The van der Waals surface area contributed by atoms with Crippen molar-refractivity contribution in [3.05, 3.63) is 0 Å². The number of rotatable bonds is 4. The molecular formula is C3H9N2O2S-. The van der Waals surface area contributed by atoms with Crippen LogP contribution in [0, 0.1) is 0 Å². The van der Waals surface area contributed by atoms with Gasteiger partial charge in [-0.25, -0.2) is 4.72 Å². The molecule has 0 aliphatic rings. The molecule has 0 aliphatic heterocycles. The molecule has 0 amide bonds. The van der Waals surface area contributed by atoms with Crippen molar-refractivity contribution in [2.24, 2.45) is 0 Å². The lowest BCUT2D eigenvalue weighted by molar-refractivity contribution is 0.517. The third kappa shape index (κ3) is 6.03. The van der Waals surface area contributed by atoms with E-state index < -0.39 is 11.3 Å². The summed E-state index contributed by atoms with van der Waals surface area (Å²) >= 11 is -2.13. The van der Waals surface area contributed by atoms with Crippen LogP contribution in [0.4, 0.5) is 0 Å². The molecule has 0 saturated carbocycles. The van der Waals surface area contributed by atoms with Crippen molar-refractivity contribution >= 4 is 11.3 Å². The van der Waals surface area contributed by atoms with E-state index >= 15 is 0 Å². The molecule has 0 aromatic heterocycles. The summed E-state index contributed by atoms with van der Waals surface area (Å²) in [4.78, 5) is 0. The first-order chi connectivity index (χ1) is 3.77. The normalized spacial score (nSPS) is 13.8. The maximum Gasteiger partial charge on any atom is 0.0564 e. The van der Waals surface area contributed by atoms with Crippen molar-refractivity contribution in [3.8, 4) is 0 Å². The minimum atomic E-state index is -2.13. The van der Waals surface area contributed by atoms with Crippen LogP contribution in [0.5, 0.6) is 0 Å². The van der Waals surface area contributed by atoms with Crippen LogP contribution in [0.25, 0.3) is 0 Å². The molecule has 1 unspecified atom stereocenters. The summed E-state index contributed by atoms with van der Waals surface area (Å²) in [5.41, 5.74) is 0. The average molecular weight is 137 g/mol. The van der Waals surface area contributed by atoms with Crippen LogP contribution < -0.4 is 10.0 Å². The molecule has 1 atom stereocenters. The zero-order valence-corrected chi connectivity index (χ0v) is 5.46. The molecule has 0 bridgehead atoms. The van der Waals surface area contributed by atoms with Crippen LogP contribution in [0.3, 0.4) is 0 Å². The van der Waals surface area contributed by atoms with Crippen LogP contribution in [-0.2, 0) is 11.3 Å². The maximum atomic E-state index is 9.72. The molecule has 8 heavy (non-hydrogen) atoms. The summed E-state index contributed by atoms with van der Waals surface area (Å²) in [6.45, 7) is 2.98. The Morgan fingerprint density at radius 3 is 2.75 bits per heavy atom. The van der Waals surface area contributed by atoms with Crippen molar-refractivity contribution in [3.63, 3.8) is 0 Å². The van der Waals surface area contributed by atoms with E-state index in [1.54, 1.807) is 0 Å². The minimum absolute atomic E-state index is 0.312. The highest BCUT2D eigenvalue weighted by Crippen LogP contribution is 1.57. The molecule has 0 fully saturated rings. The van der Waals surface area contributed by atoms with Crippen LogP contribution in [0.15, 0.2) is 0 Å². The SMILES string of the molecule is CCNCNS(=O)[O-]. The van der Waals surface area contributed by atoms with E-state index in [9.17, 15) is 8.76 Å². The molecule has 50 valence electrons. The van der Waals surface area contributed by atoms with E-state index in [0.29, 0.717) is 6.67 Å². The zero-order chi connectivity index (χ0) is 6.41. The third-order valence-corrected chi connectivity index (χ3v) is 0.945. The van der Waals surface area contributed by atoms with Crippen molar-refractivity contribution < 1.29 is 8.76 Å². The Labute approximate surface area is 51.1 Å².